The third kappa shape index (κ3) is 4.96. The summed E-state index contributed by atoms with van der Waals surface area (Å²) in [6.07, 6.45) is 1.80. The monoisotopic (exact) mass is 232 g/mol. The standard InChI is InChI=1S/C15H20O2/c1-4-13-5-7-14(8-6-13)15(16)11-17-10-9-12(2)3/h5-8H,2,4,9-11H2,1,3H3. The summed E-state index contributed by atoms with van der Waals surface area (Å²) in [6, 6.07) is 7.70. The second kappa shape index (κ2) is 7.02. The molecule has 0 radical (unpaired) electrons. The van der Waals surface area contributed by atoms with Gasteiger partial charge in [-0.25, -0.2) is 0 Å². The van der Waals surface area contributed by atoms with Crippen molar-refractivity contribution in [3.8, 4) is 0 Å². The van der Waals surface area contributed by atoms with Crippen LogP contribution in [0, 0.1) is 0 Å². The molecule has 1 rings (SSSR count). The summed E-state index contributed by atoms with van der Waals surface area (Å²) >= 11 is 0. The van der Waals surface area contributed by atoms with Gasteiger partial charge in [0.15, 0.2) is 5.78 Å². The van der Waals surface area contributed by atoms with Crippen molar-refractivity contribution in [3.05, 3.63) is 47.5 Å². The first-order chi connectivity index (χ1) is 8.13. The van der Waals surface area contributed by atoms with E-state index >= 15 is 0 Å². The number of aryl methyl sites for hydroxylation is 1. The summed E-state index contributed by atoms with van der Waals surface area (Å²) in [5, 5.41) is 0. The quantitative estimate of drug-likeness (QED) is 0.409. The minimum atomic E-state index is 0.0365. The number of ketones is 1. The molecule has 2 heteroatoms. The van der Waals surface area contributed by atoms with Gasteiger partial charge < -0.3 is 4.74 Å². The number of rotatable bonds is 7. The Morgan fingerprint density at radius 1 is 1.29 bits per heavy atom. The van der Waals surface area contributed by atoms with Gasteiger partial charge in [0, 0.05) is 5.56 Å². The van der Waals surface area contributed by atoms with Crippen molar-refractivity contribution in [1.82, 2.24) is 0 Å². The predicted octanol–water partition coefficient (Wildman–Crippen LogP) is 3.41. The van der Waals surface area contributed by atoms with E-state index in [2.05, 4.69) is 13.5 Å². The van der Waals surface area contributed by atoms with Crippen LogP contribution >= 0.6 is 0 Å². The minimum absolute atomic E-state index is 0.0365. The van der Waals surface area contributed by atoms with Gasteiger partial charge in [0.1, 0.15) is 6.61 Å². The zero-order valence-electron chi connectivity index (χ0n) is 10.7. The number of carbonyl (C=O) groups is 1. The second-order valence-electron chi connectivity index (χ2n) is 4.23. The van der Waals surface area contributed by atoms with Crippen molar-refractivity contribution in [3.63, 3.8) is 0 Å². The summed E-state index contributed by atoms with van der Waals surface area (Å²) in [6.45, 7) is 8.55. The van der Waals surface area contributed by atoms with Crippen molar-refractivity contribution in [1.29, 1.82) is 0 Å². The van der Waals surface area contributed by atoms with Crippen molar-refractivity contribution in [2.75, 3.05) is 13.2 Å². The second-order valence-corrected chi connectivity index (χ2v) is 4.23. The molecule has 0 heterocycles. The molecule has 17 heavy (non-hydrogen) atoms. The molecule has 0 unspecified atom stereocenters. The summed E-state index contributed by atoms with van der Waals surface area (Å²) in [5.74, 6) is 0.0365. The maximum absolute atomic E-state index is 11.7. The van der Waals surface area contributed by atoms with Crippen LogP contribution in [-0.4, -0.2) is 19.0 Å². The number of ether oxygens (including phenoxy) is 1. The lowest BCUT2D eigenvalue weighted by Gasteiger charge is -2.04. The van der Waals surface area contributed by atoms with Gasteiger partial charge in [-0.05, 0) is 25.3 Å². The molecular formula is C15H20O2. The lowest BCUT2D eigenvalue weighted by Crippen LogP contribution is -2.10. The van der Waals surface area contributed by atoms with Gasteiger partial charge in [0.05, 0.1) is 6.61 Å². The van der Waals surface area contributed by atoms with Crippen LogP contribution in [0.5, 0.6) is 0 Å². The summed E-state index contributed by atoms with van der Waals surface area (Å²) in [7, 11) is 0. The smallest absolute Gasteiger partial charge is 0.188 e. The van der Waals surface area contributed by atoms with Gasteiger partial charge in [-0.15, -0.1) is 6.58 Å². The highest BCUT2D eigenvalue weighted by molar-refractivity contribution is 5.97. The average molecular weight is 232 g/mol. The van der Waals surface area contributed by atoms with Gasteiger partial charge >= 0.3 is 0 Å². The third-order valence-electron chi connectivity index (χ3n) is 2.59. The van der Waals surface area contributed by atoms with E-state index in [1.165, 1.54) is 5.56 Å². The number of hydrogen-bond donors (Lipinski definition) is 0. The molecule has 2 nitrogen and oxygen atoms in total. The van der Waals surface area contributed by atoms with Crippen LogP contribution in [0.3, 0.4) is 0 Å². The highest BCUT2D eigenvalue weighted by Crippen LogP contribution is 2.06. The zero-order valence-corrected chi connectivity index (χ0v) is 10.7. The van der Waals surface area contributed by atoms with E-state index in [0.29, 0.717) is 6.61 Å². The Morgan fingerprint density at radius 3 is 2.47 bits per heavy atom. The van der Waals surface area contributed by atoms with E-state index in [-0.39, 0.29) is 12.4 Å². The SMILES string of the molecule is C=C(C)CCOCC(=O)c1ccc(CC)cc1. The van der Waals surface area contributed by atoms with E-state index in [9.17, 15) is 4.79 Å². The normalized spacial score (nSPS) is 10.2. The molecule has 0 aliphatic rings. The van der Waals surface area contributed by atoms with Gasteiger partial charge in [0.25, 0.3) is 0 Å². The summed E-state index contributed by atoms with van der Waals surface area (Å²) < 4.78 is 5.31. The molecular weight excluding hydrogens is 212 g/mol. The molecule has 0 N–H and O–H groups in total. The molecule has 1 aromatic rings. The minimum Gasteiger partial charge on any atom is -0.373 e. The van der Waals surface area contributed by atoms with Crippen molar-refractivity contribution < 1.29 is 9.53 Å². The Balaban J connectivity index is 2.38. The molecule has 0 bridgehead atoms. The van der Waals surface area contributed by atoms with Gasteiger partial charge in [-0.2, -0.15) is 0 Å². The van der Waals surface area contributed by atoms with Crippen molar-refractivity contribution in [2.45, 2.75) is 26.7 Å². The molecule has 0 atom stereocenters. The molecule has 1 aromatic carbocycles. The number of carbonyl (C=O) groups excluding carboxylic acids is 1. The van der Waals surface area contributed by atoms with Crippen LogP contribution in [0.2, 0.25) is 0 Å². The van der Waals surface area contributed by atoms with Gasteiger partial charge in [-0.1, -0.05) is 36.8 Å². The van der Waals surface area contributed by atoms with Crippen molar-refractivity contribution >= 4 is 5.78 Å². The largest absolute Gasteiger partial charge is 0.373 e. The maximum atomic E-state index is 11.7. The molecule has 92 valence electrons. The lowest BCUT2D eigenvalue weighted by molar-refractivity contribution is 0.0765. The van der Waals surface area contributed by atoms with Crippen LogP contribution in [0.1, 0.15) is 36.2 Å². The predicted molar refractivity (Wildman–Crippen MR) is 70.4 cm³/mol. The summed E-state index contributed by atoms with van der Waals surface area (Å²) in [5.41, 5.74) is 3.03. The Labute approximate surface area is 103 Å². The highest BCUT2D eigenvalue weighted by Gasteiger charge is 2.05. The number of hydrogen-bond acceptors (Lipinski definition) is 2. The van der Waals surface area contributed by atoms with Gasteiger partial charge in [0.2, 0.25) is 0 Å². The van der Waals surface area contributed by atoms with E-state index < -0.39 is 0 Å². The molecule has 0 fully saturated rings. The first kappa shape index (κ1) is 13.7. The Hall–Kier alpha value is -1.41. The highest BCUT2D eigenvalue weighted by atomic mass is 16.5. The van der Waals surface area contributed by atoms with E-state index in [4.69, 9.17) is 4.74 Å². The van der Waals surface area contributed by atoms with Crippen LogP contribution in [-0.2, 0) is 11.2 Å². The molecule has 0 aliphatic heterocycles. The van der Waals surface area contributed by atoms with E-state index in [0.717, 1.165) is 24.0 Å². The fraction of sp³-hybridized carbons (Fsp3) is 0.400. The Bertz CT molecular complexity index is 376. The van der Waals surface area contributed by atoms with Crippen LogP contribution in [0.4, 0.5) is 0 Å². The topological polar surface area (TPSA) is 26.3 Å². The maximum Gasteiger partial charge on any atom is 0.188 e. The van der Waals surface area contributed by atoms with E-state index in [1.807, 2.05) is 31.2 Å². The van der Waals surface area contributed by atoms with E-state index in [1.54, 1.807) is 0 Å². The lowest BCUT2D eigenvalue weighted by atomic mass is 10.1. The molecule has 0 spiro atoms. The first-order valence-electron chi connectivity index (χ1n) is 5.97. The molecule has 0 aliphatic carbocycles. The number of Topliss-reactive ketones (excluding diaryl/α,β-unsaturated/α-hetero) is 1. The molecule has 0 aromatic heterocycles. The van der Waals surface area contributed by atoms with Crippen LogP contribution < -0.4 is 0 Å². The molecule has 0 saturated carbocycles. The average Bonchev–Trinajstić information content (AvgIpc) is 2.34. The molecule has 0 amide bonds. The number of benzene rings is 1. The fourth-order valence-electron chi connectivity index (χ4n) is 1.42. The Kier molecular flexibility index (Phi) is 5.64. The Morgan fingerprint density at radius 2 is 1.94 bits per heavy atom. The first-order valence-corrected chi connectivity index (χ1v) is 5.97. The fourth-order valence-corrected chi connectivity index (χ4v) is 1.42. The van der Waals surface area contributed by atoms with Crippen molar-refractivity contribution in [2.24, 2.45) is 0 Å². The molecule has 0 saturated heterocycles. The van der Waals surface area contributed by atoms with Gasteiger partial charge in [-0.3, -0.25) is 4.79 Å². The third-order valence-corrected chi connectivity index (χ3v) is 2.59. The van der Waals surface area contributed by atoms with Crippen LogP contribution in [0.15, 0.2) is 36.4 Å². The summed E-state index contributed by atoms with van der Waals surface area (Å²) in [4.78, 5) is 11.7. The zero-order chi connectivity index (χ0) is 12.7. The van der Waals surface area contributed by atoms with Crippen LogP contribution in [0.25, 0.3) is 0 Å².